The van der Waals surface area contributed by atoms with Crippen LogP contribution in [0.25, 0.3) is 88.1 Å². The molecule has 0 amide bonds. The number of rotatable bonds is 10. The first-order valence-electron chi connectivity index (χ1n) is 19.7. The first-order valence-corrected chi connectivity index (χ1v) is 24.9. The standard InChI is InChI=1S/C50H36I2N4O2.Pd/c1-3-25-51-39-14-11-15-40(52-26-4-2)48(39)43-30-54-50-38-28-31(19-21-33(38)34-12-5-7-16-41(34)55(43)50)57-32-20-22-35-36-23-24-45-47(37-13-6-8-17-44(37)58-45)49(36)56(42(35)29-32)46-18-9-10-27-53-46;/h5-24,27,30H,3-4,25-26H2,1-2H3;/q-4;+2. The van der Waals surface area contributed by atoms with Gasteiger partial charge < -0.3 is 8.98 Å². The van der Waals surface area contributed by atoms with Gasteiger partial charge in [-0.3, -0.25) is 0 Å². The number of hydrogen-bond donors (Lipinski definition) is 0. The number of para-hydroxylation sites is 2. The van der Waals surface area contributed by atoms with Gasteiger partial charge in [0.2, 0.25) is 0 Å². The fourth-order valence-corrected chi connectivity index (χ4v) is 13.8. The second-order valence-electron chi connectivity index (χ2n) is 14.3. The van der Waals surface area contributed by atoms with E-state index in [4.69, 9.17) is 19.1 Å². The minimum absolute atomic E-state index is 0. The van der Waals surface area contributed by atoms with Gasteiger partial charge in [0.15, 0.2) is 0 Å². The molecule has 0 atom stereocenters. The molecule has 294 valence electrons. The molecule has 11 rings (SSSR count). The monoisotopic (exact) mass is 1080 g/mol. The average Bonchev–Trinajstić information content (AvgIpc) is 3.97. The van der Waals surface area contributed by atoms with E-state index in [1.165, 1.54) is 45.5 Å². The largest absolute Gasteiger partial charge is 2.00 e. The molecule has 59 heavy (non-hydrogen) atoms. The summed E-state index contributed by atoms with van der Waals surface area (Å²) in [5.41, 5.74) is 8.25. The summed E-state index contributed by atoms with van der Waals surface area (Å²) in [7, 11) is 0. The number of pyridine rings is 2. The van der Waals surface area contributed by atoms with Gasteiger partial charge in [0.05, 0.1) is 10.9 Å². The first-order chi connectivity index (χ1) is 28.7. The van der Waals surface area contributed by atoms with E-state index >= 15 is 0 Å². The van der Waals surface area contributed by atoms with E-state index in [0.717, 1.165) is 71.5 Å². The quantitative estimate of drug-likeness (QED) is 0.0522. The van der Waals surface area contributed by atoms with E-state index in [9.17, 15) is 0 Å². The van der Waals surface area contributed by atoms with Crippen molar-refractivity contribution in [3.8, 4) is 28.6 Å². The zero-order valence-electron chi connectivity index (χ0n) is 32.2. The molecule has 9 heteroatoms. The third-order valence-electron chi connectivity index (χ3n) is 10.7. The maximum Gasteiger partial charge on any atom is 2.00 e. The second kappa shape index (κ2) is 16.0. The minimum atomic E-state index is -0.123. The van der Waals surface area contributed by atoms with Crippen molar-refractivity contribution in [2.75, 3.05) is 8.86 Å². The summed E-state index contributed by atoms with van der Waals surface area (Å²) in [4.78, 5) is 10.0. The van der Waals surface area contributed by atoms with Crippen LogP contribution in [-0.4, -0.2) is 27.8 Å². The molecule has 6 aromatic carbocycles. The summed E-state index contributed by atoms with van der Waals surface area (Å²) in [6.45, 7) is 4.60. The van der Waals surface area contributed by atoms with Crippen LogP contribution in [-0.2, 0) is 20.4 Å². The van der Waals surface area contributed by atoms with E-state index in [-0.39, 0.29) is 62.8 Å². The molecule has 0 fully saturated rings. The molecular weight excluding hydrogens is 1050 g/mol. The number of aromatic nitrogens is 4. The maximum absolute atomic E-state index is 6.71. The Labute approximate surface area is 375 Å². The average molecular weight is 1090 g/mol. The second-order valence-corrected chi connectivity index (χ2v) is 20.3. The zero-order valence-corrected chi connectivity index (χ0v) is 38.1. The predicted octanol–water partition coefficient (Wildman–Crippen LogP) is 6.43. The number of imidazole rings is 1. The van der Waals surface area contributed by atoms with Crippen LogP contribution in [0.15, 0.2) is 138 Å². The van der Waals surface area contributed by atoms with E-state index in [2.05, 4.69) is 120 Å². The molecule has 0 saturated carbocycles. The van der Waals surface area contributed by atoms with Gasteiger partial charge in [-0.1, -0.05) is 30.3 Å². The topological polar surface area (TPSA) is 57.5 Å². The van der Waals surface area contributed by atoms with Crippen molar-refractivity contribution < 1.29 is 72.0 Å². The van der Waals surface area contributed by atoms with Gasteiger partial charge in [0.1, 0.15) is 17.0 Å². The number of fused-ring (bicyclic) bond motifs is 13. The molecule has 0 radical (unpaired) electrons. The fraction of sp³-hybridized carbons (Fsp3) is 0.120. The first kappa shape index (κ1) is 38.4. The Kier molecular flexibility index (Phi) is 10.4. The van der Waals surface area contributed by atoms with Crippen molar-refractivity contribution in [3.63, 3.8) is 0 Å². The molecule has 0 aliphatic rings. The number of nitrogens with zero attached hydrogens (tertiary/aromatic N) is 4. The van der Waals surface area contributed by atoms with E-state index in [0.29, 0.717) is 11.5 Å². The summed E-state index contributed by atoms with van der Waals surface area (Å²) in [6, 6.07) is 49.8. The molecule has 11 aromatic rings. The van der Waals surface area contributed by atoms with Gasteiger partial charge in [0.25, 0.3) is 0 Å². The fourth-order valence-electron chi connectivity index (χ4n) is 8.25. The molecule has 0 N–H and O–H groups in total. The van der Waals surface area contributed by atoms with Crippen LogP contribution in [0.4, 0.5) is 0 Å². The van der Waals surface area contributed by atoms with Crippen LogP contribution in [0.3, 0.4) is 0 Å². The number of benzene rings is 6. The summed E-state index contributed by atoms with van der Waals surface area (Å²) in [5.74, 6) is 2.00. The van der Waals surface area contributed by atoms with Gasteiger partial charge in [-0.2, -0.15) is 0 Å². The van der Waals surface area contributed by atoms with Gasteiger partial charge in [-0.15, -0.1) is 5.39 Å². The normalized spacial score (nSPS) is 12.0. The van der Waals surface area contributed by atoms with Crippen molar-refractivity contribution in [3.05, 3.63) is 153 Å². The smallest absolute Gasteiger partial charge is 2.00 e. The van der Waals surface area contributed by atoms with Crippen LogP contribution in [0.2, 0.25) is 0 Å². The summed E-state index contributed by atoms with van der Waals surface area (Å²) in [5, 5.41) is 7.48. The zero-order chi connectivity index (χ0) is 38.7. The van der Waals surface area contributed by atoms with Crippen LogP contribution >= 0.6 is 0 Å². The van der Waals surface area contributed by atoms with Crippen LogP contribution in [0, 0.1) is 19.3 Å². The Morgan fingerprint density at radius 3 is 2.14 bits per heavy atom. The third kappa shape index (κ3) is 6.44. The van der Waals surface area contributed by atoms with E-state index in [1.807, 2.05) is 48.7 Å². The molecule has 0 unspecified atom stereocenters. The number of alkyl halides is 2. The molecule has 0 saturated heterocycles. The number of halogens is 2. The molecule has 6 nitrogen and oxygen atoms in total. The van der Waals surface area contributed by atoms with Crippen LogP contribution in [0.5, 0.6) is 11.5 Å². The molecular formula is C50H36I2N4O2Pd-2. The Hall–Kier alpha value is -4.80. The molecule has 5 aromatic heterocycles. The Morgan fingerprint density at radius 2 is 1.36 bits per heavy atom. The Balaban J connectivity index is 0.00000420. The van der Waals surface area contributed by atoms with Crippen molar-refractivity contribution in [1.29, 1.82) is 0 Å². The van der Waals surface area contributed by atoms with Crippen molar-refractivity contribution >= 4 is 71.1 Å². The van der Waals surface area contributed by atoms with Gasteiger partial charge in [-0.25, -0.2) is 4.98 Å². The van der Waals surface area contributed by atoms with Crippen molar-refractivity contribution in [2.24, 2.45) is 0 Å². The summed E-state index contributed by atoms with van der Waals surface area (Å²) >= 11 is -0.245. The maximum atomic E-state index is 6.71. The third-order valence-corrected chi connectivity index (χ3v) is 17.3. The van der Waals surface area contributed by atoms with Gasteiger partial charge in [0, 0.05) is 11.6 Å². The number of hydrogen-bond acceptors (Lipinski definition) is 4. The molecule has 0 aliphatic carbocycles. The number of ether oxygens (including phenoxy) is 1. The van der Waals surface area contributed by atoms with Crippen molar-refractivity contribution in [2.45, 2.75) is 26.7 Å². The van der Waals surface area contributed by atoms with Crippen molar-refractivity contribution in [1.82, 2.24) is 18.9 Å². The molecule has 0 bridgehead atoms. The minimum Gasteiger partial charge on any atom is 2.00 e. The van der Waals surface area contributed by atoms with Gasteiger partial charge in [-0.05, 0) is 29.7 Å². The Morgan fingerprint density at radius 1 is 0.644 bits per heavy atom. The van der Waals surface area contributed by atoms with Crippen LogP contribution in [0.1, 0.15) is 26.7 Å². The van der Waals surface area contributed by atoms with Crippen LogP contribution < -0.4 is 47.1 Å². The predicted molar refractivity (Wildman–Crippen MR) is 227 cm³/mol. The summed E-state index contributed by atoms with van der Waals surface area (Å²) in [6.07, 6.45) is 6.35. The van der Waals surface area contributed by atoms with E-state index in [1.54, 1.807) is 0 Å². The SMILES string of the molecule is CCC[I-]c1cccc([I-]CCC)c1-c1cnc2c3[c-]c(Oc4[c-]c5c(cc4)c4ccc6oc7ccccc7c6c4n5-c4ccccn4)ccc3c3ccccc3n12.[Pd+2]. The summed E-state index contributed by atoms with van der Waals surface area (Å²) < 4.78 is 23.2. The molecule has 0 spiro atoms. The molecule has 5 heterocycles. The molecule has 0 aliphatic heterocycles. The van der Waals surface area contributed by atoms with E-state index < -0.39 is 0 Å². The van der Waals surface area contributed by atoms with Gasteiger partial charge >= 0.3 is 260 Å². The number of furan rings is 1. The Bertz CT molecular complexity index is 3350.